The normalized spacial score (nSPS) is 11.9. The lowest BCUT2D eigenvalue weighted by Gasteiger charge is -2.17. The van der Waals surface area contributed by atoms with Crippen molar-refractivity contribution in [3.63, 3.8) is 0 Å². The highest BCUT2D eigenvalue weighted by molar-refractivity contribution is 14.1. The molecule has 0 heterocycles. The van der Waals surface area contributed by atoms with E-state index in [0.29, 0.717) is 10.6 Å². The molecule has 0 fully saturated rings. The van der Waals surface area contributed by atoms with Crippen LogP contribution in [0.25, 0.3) is 0 Å². The molecule has 20 heavy (non-hydrogen) atoms. The third kappa shape index (κ3) is 3.71. The summed E-state index contributed by atoms with van der Waals surface area (Å²) in [6.07, 6.45) is 0. The predicted octanol–water partition coefficient (Wildman–Crippen LogP) is 3.41. The molecule has 0 saturated carbocycles. The third-order valence-electron chi connectivity index (χ3n) is 2.87. The highest BCUT2D eigenvalue weighted by Crippen LogP contribution is 2.20. The Labute approximate surface area is 136 Å². The summed E-state index contributed by atoms with van der Waals surface area (Å²) in [7, 11) is 0. The van der Waals surface area contributed by atoms with Gasteiger partial charge in [-0.2, -0.15) is 0 Å². The average molecular weight is 402 g/mol. The molecule has 2 rings (SSSR count). The van der Waals surface area contributed by atoms with Crippen LogP contribution in [-0.4, -0.2) is 17.6 Å². The van der Waals surface area contributed by atoms with Gasteiger partial charge in [0, 0.05) is 9.13 Å². The van der Waals surface area contributed by atoms with Gasteiger partial charge in [0.05, 0.1) is 17.7 Å². The molecular formula is C15H13ClINO2. The van der Waals surface area contributed by atoms with Gasteiger partial charge in [0.1, 0.15) is 0 Å². The summed E-state index contributed by atoms with van der Waals surface area (Å²) in [5.41, 5.74) is 1.34. The second-order valence-corrected chi connectivity index (χ2v) is 5.82. The van der Waals surface area contributed by atoms with Gasteiger partial charge < -0.3 is 10.4 Å². The Balaban J connectivity index is 2.15. The molecule has 3 nitrogen and oxygen atoms in total. The van der Waals surface area contributed by atoms with Crippen molar-refractivity contribution in [1.82, 2.24) is 5.32 Å². The van der Waals surface area contributed by atoms with E-state index in [1.54, 1.807) is 18.2 Å². The lowest BCUT2D eigenvalue weighted by Crippen LogP contribution is -2.30. The molecule has 0 aromatic heterocycles. The highest BCUT2D eigenvalue weighted by Gasteiger charge is 2.15. The maximum atomic E-state index is 12.2. The summed E-state index contributed by atoms with van der Waals surface area (Å²) in [6, 6.07) is 14.0. The van der Waals surface area contributed by atoms with E-state index >= 15 is 0 Å². The van der Waals surface area contributed by atoms with E-state index in [9.17, 15) is 9.90 Å². The fourth-order valence-corrected chi connectivity index (χ4v) is 2.31. The van der Waals surface area contributed by atoms with Gasteiger partial charge in [-0.25, -0.2) is 0 Å². The van der Waals surface area contributed by atoms with Crippen LogP contribution in [0.2, 0.25) is 5.02 Å². The second kappa shape index (κ2) is 7.06. The lowest BCUT2D eigenvalue weighted by atomic mass is 10.1. The van der Waals surface area contributed by atoms with Gasteiger partial charge >= 0.3 is 0 Å². The fraction of sp³-hybridized carbons (Fsp3) is 0.133. The first kappa shape index (κ1) is 15.3. The predicted molar refractivity (Wildman–Crippen MR) is 87.9 cm³/mol. The zero-order valence-corrected chi connectivity index (χ0v) is 13.4. The molecule has 1 atom stereocenters. The molecule has 104 valence electrons. The number of aliphatic hydroxyl groups is 1. The Kier molecular flexibility index (Phi) is 5.39. The minimum absolute atomic E-state index is 0.159. The van der Waals surface area contributed by atoms with Crippen LogP contribution in [0.15, 0.2) is 48.5 Å². The number of amides is 1. The van der Waals surface area contributed by atoms with Crippen LogP contribution in [-0.2, 0) is 0 Å². The zero-order chi connectivity index (χ0) is 14.5. The van der Waals surface area contributed by atoms with Crippen molar-refractivity contribution in [3.05, 3.63) is 68.3 Å². The van der Waals surface area contributed by atoms with Crippen molar-refractivity contribution < 1.29 is 9.90 Å². The maximum Gasteiger partial charge on any atom is 0.251 e. The molecule has 0 aliphatic rings. The first-order chi connectivity index (χ1) is 9.61. The molecular weight excluding hydrogens is 389 g/mol. The number of carbonyl (C=O) groups excluding carboxylic acids is 1. The minimum atomic E-state index is -0.429. The first-order valence-corrected chi connectivity index (χ1v) is 7.49. The van der Waals surface area contributed by atoms with Gasteiger partial charge in [0.25, 0.3) is 5.91 Å². The van der Waals surface area contributed by atoms with E-state index in [4.69, 9.17) is 11.6 Å². The molecule has 2 aromatic rings. The summed E-state index contributed by atoms with van der Waals surface area (Å²) < 4.78 is 0.891. The molecule has 0 saturated heterocycles. The number of hydrogen-bond acceptors (Lipinski definition) is 2. The SMILES string of the molecule is O=C(N[C@H](CO)c1ccccc1)c1ccc(I)c(Cl)c1. The van der Waals surface area contributed by atoms with Crippen molar-refractivity contribution >= 4 is 40.1 Å². The van der Waals surface area contributed by atoms with Crippen molar-refractivity contribution in [2.24, 2.45) is 0 Å². The molecule has 0 unspecified atom stereocenters. The van der Waals surface area contributed by atoms with Crippen LogP contribution < -0.4 is 5.32 Å². The molecule has 1 amide bonds. The molecule has 2 N–H and O–H groups in total. The van der Waals surface area contributed by atoms with E-state index in [0.717, 1.165) is 9.13 Å². The van der Waals surface area contributed by atoms with Gasteiger partial charge in [-0.15, -0.1) is 0 Å². The third-order valence-corrected chi connectivity index (χ3v) is 4.44. The Morgan fingerprint density at radius 2 is 1.95 bits per heavy atom. The van der Waals surface area contributed by atoms with Crippen molar-refractivity contribution in [1.29, 1.82) is 0 Å². The van der Waals surface area contributed by atoms with E-state index in [-0.39, 0.29) is 12.5 Å². The number of benzene rings is 2. The molecule has 2 aromatic carbocycles. The minimum Gasteiger partial charge on any atom is -0.394 e. The van der Waals surface area contributed by atoms with Crippen LogP contribution in [0.4, 0.5) is 0 Å². The highest BCUT2D eigenvalue weighted by atomic mass is 127. The summed E-state index contributed by atoms with van der Waals surface area (Å²) in [6.45, 7) is -0.159. The average Bonchev–Trinajstić information content (AvgIpc) is 2.48. The van der Waals surface area contributed by atoms with Gasteiger partial charge in [-0.3, -0.25) is 4.79 Å². The van der Waals surface area contributed by atoms with Gasteiger partial charge in [0.2, 0.25) is 0 Å². The summed E-state index contributed by atoms with van der Waals surface area (Å²) in [4.78, 5) is 12.2. The Morgan fingerprint density at radius 3 is 2.55 bits per heavy atom. The van der Waals surface area contributed by atoms with Crippen molar-refractivity contribution in [2.75, 3.05) is 6.61 Å². The molecule has 0 aliphatic heterocycles. The van der Waals surface area contributed by atoms with Gasteiger partial charge in [-0.1, -0.05) is 41.9 Å². The summed E-state index contributed by atoms with van der Waals surface area (Å²) in [5.74, 6) is -0.258. The molecule has 0 aliphatic carbocycles. The van der Waals surface area contributed by atoms with Gasteiger partial charge in [0.15, 0.2) is 0 Å². The van der Waals surface area contributed by atoms with Crippen molar-refractivity contribution in [2.45, 2.75) is 6.04 Å². The Bertz CT molecular complexity index is 604. The zero-order valence-electron chi connectivity index (χ0n) is 10.5. The number of carbonyl (C=O) groups is 1. The van der Waals surface area contributed by atoms with Crippen LogP contribution in [0.1, 0.15) is 22.0 Å². The van der Waals surface area contributed by atoms with Gasteiger partial charge in [-0.05, 0) is 46.4 Å². The van der Waals surface area contributed by atoms with Crippen LogP contribution in [0, 0.1) is 3.57 Å². The number of halogens is 2. The number of rotatable bonds is 4. The Hall–Kier alpha value is -1.11. The maximum absolute atomic E-state index is 12.2. The second-order valence-electron chi connectivity index (χ2n) is 4.25. The monoisotopic (exact) mass is 401 g/mol. The largest absolute Gasteiger partial charge is 0.394 e. The number of aliphatic hydroxyl groups excluding tert-OH is 1. The molecule has 0 bridgehead atoms. The van der Waals surface area contributed by atoms with Crippen LogP contribution in [0.3, 0.4) is 0 Å². The van der Waals surface area contributed by atoms with E-state index < -0.39 is 6.04 Å². The van der Waals surface area contributed by atoms with Crippen LogP contribution in [0.5, 0.6) is 0 Å². The van der Waals surface area contributed by atoms with E-state index in [1.807, 2.05) is 30.3 Å². The summed E-state index contributed by atoms with van der Waals surface area (Å²) in [5, 5.41) is 12.8. The fourth-order valence-electron chi connectivity index (χ4n) is 1.80. The number of hydrogen-bond donors (Lipinski definition) is 2. The number of nitrogens with one attached hydrogen (secondary N) is 1. The quantitative estimate of drug-likeness (QED) is 0.772. The first-order valence-electron chi connectivity index (χ1n) is 6.03. The Morgan fingerprint density at radius 1 is 1.25 bits per heavy atom. The molecule has 5 heteroatoms. The van der Waals surface area contributed by atoms with E-state index in [2.05, 4.69) is 27.9 Å². The lowest BCUT2D eigenvalue weighted by molar-refractivity contribution is 0.0916. The van der Waals surface area contributed by atoms with Crippen LogP contribution >= 0.6 is 34.2 Å². The standard InChI is InChI=1S/C15H13ClINO2/c16-12-8-11(6-7-13(12)17)15(20)18-14(9-19)10-4-2-1-3-5-10/h1-8,14,19H,9H2,(H,18,20)/t14-/m1/s1. The molecule has 0 spiro atoms. The summed E-state index contributed by atoms with van der Waals surface area (Å²) >= 11 is 8.11. The topological polar surface area (TPSA) is 49.3 Å². The smallest absolute Gasteiger partial charge is 0.251 e. The van der Waals surface area contributed by atoms with E-state index in [1.165, 1.54) is 0 Å². The molecule has 0 radical (unpaired) electrons. The van der Waals surface area contributed by atoms with Crippen molar-refractivity contribution in [3.8, 4) is 0 Å².